The van der Waals surface area contributed by atoms with Gasteiger partial charge in [-0.25, -0.2) is 0 Å². The van der Waals surface area contributed by atoms with Crippen LogP contribution in [-0.2, 0) is 9.47 Å². The molecule has 2 aliphatic rings. The van der Waals surface area contributed by atoms with E-state index in [2.05, 4.69) is 0 Å². The Morgan fingerprint density at radius 2 is 2.13 bits per heavy atom. The van der Waals surface area contributed by atoms with Crippen LogP contribution in [-0.4, -0.2) is 41.4 Å². The summed E-state index contributed by atoms with van der Waals surface area (Å²) in [6.07, 6.45) is 2.84. The summed E-state index contributed by atoms with van der Waals surface area (Å²) >= 11 is 0. The second-order valence-electron chi connectivity index (χ2n) is 4.52. The summed E-state index contributed by atoms with van der Waals surface area (Å²) in [4.78, 5) is 0. The summed E-state index contributed by atoms with van der Waals surface area (Å²) < 4.78 is 11.3. The van der Waals surface area contributed by atoms with Gasteiger partial charge in [0.2, 0.25) is 0 Å². The molecule has 0 spiro atoms. The van der Waals surface area contributed by atoms with Crippen LogP contribution in [0.4, 0.5) is 0 Å². The lowest BCUT2D eigenvalue weighted by Gasteiger charge is -2.19. The van der Waals surface area contributed by atoms with E-state index in [4.69, 9.17) is 14.6 Å². The van der Waals surface area contributed by atoms with Crippen molar-refractivity contribution in [2.75, 3.05) is 6.61 Å². The summed E-state index contributed by atoms with van der Waals surface area (Å²) in [5.74, 6) is 0.410. The lowest BCUT2D eigenvalue weighted by atomic mass is 9.96. The van der Waals surface area contributed by atoms with E-state index in [1.165, 1.54) is 0 Å². The van der Waals surface area contributed by atoms with Gasteiger partial charge in [-0.1, -0.05) is 6.92 Å². The van der Waals surface area contributed by atoms with E-state index < -0.39 is 0 Å². The van der Waals surface area contributed by atoms with Gasteiger partial charge < -0.3 is 19.7 Å². The molecule has 0 aliphatic carbocycles. The maximum atomic E-state index is 9.66. The minimum Gasteiger partial charge on any atom is -0.396 e. The molecule has 5 atom stereocenters. The Hall–Kier alpha value is -0.160. The highest BCUT2D eigenvalue weighted by molar-refractivity contribution is 4.88. The van der Waals surface area contributed by atoms with Crippen LogP contribution in [0.2, 0.25) is 0 Å². The van der Waals surface area contributed by atoms with Crippen molar-refractivity contribution in [1.29, 1.82) is 0 Å². The summed E-state index contributed by atoms with van der Waals surface area (Å²) in [5, 5.41) is 18.5. The number of rotatable bonds is 4. The van der Waals surface area contributed by atoms with E-state index in [0.717, 1.165) is 19.3 Å². The molecule has 2 rings (SSSR count). The van der Waals surface area contributed by atoms with Crippen molar-refractivity contribution in [3.05, 3.63) is 0 Å². The van der Waals surface area contributed by atoms with Crippen LogP contribution >= 0.6 is 0 Å². The lowest BCUT2D eigenvalue weighted by molar-refractivity contribution is -0.159. The molecular weight excluding hydrogens is 196 g/mol. The highest BCUT2D eigenvalue weighted by atomic mass is 16.7. The molecule has 0 aromatic carbocycles. The number of aliphatic hydroxyl groups is 2. The van der Waals surface area contributed by atoms with Crippen LogP contribution in [0.15, 0.2) is 0 Å². The third kappa shape index (κ3) is 2.33. The molecule has 88 valence electrons. The monoisotopic (exact) mass is 216 g/mol. The topological polar surface area (TPSA) is 58.9 Å². The van der Waals surface area contributed by atoms with Gasteiger partial charge in [0.1, 0.15) is 0 Å². The quantitative estimate of drug-likeness (QED) is 0.724. The predicted molar refractivity (Wildman–Crippen MR) is 54.3 cm³/mol. The zero-order valence-corrected chi connectivity index (χ0v) is 9.13. The Morgan fingerprint density at radius 1 is 1.33 bits per heavy atom. The van der Waals surface area contributed by atoms with E-state index in [0.29, 0.717) is 12.3 Å². The fourth-order valence-corrected chi connectivity index (χ4v) is 2.52. The Kier molecular flexibility index (Phi) is 3.61. The highest BCUT2D eigenvalue weighted by Gasteiger charge is 2.45. The number of aliphatic hydroxyl groups excluding tert-OH is 2. The van der Waals surface area contributed by atoms with Gasteiger partial charge in [0.05, 0.1) is 18.3 Å². The van der Waals surface area contributed by atoms with Gasteiger partial charge >= 0.3 is 0 Å². The first-order valence-electron chi connectivity index (χ1n) is 5.84. The van der Waals surface area contributed by atoms with Gasteiger partial charge in [0.25, 0.3) is 0 Å². The van der Waals surface area contributed by atoms with Gasteiger partial charge in [-0.05, 0) is 25.7 Å². The molecule has 5 unspecified atom stereocenters. The first-order chi connectivity index (χ1) is 7.24. The summed E-state index contributed by atoms with van der Waals surface area (Å²) in [6.45, 7) is 2.13. The van der Waals surface area contributed by atoms with E-state index >= 15 is 0 Å². The van der Waals surface area contributed by atoms with E-state index in [-0.39, 0.29) is 31.2 Å². The van der Waals surface area contributed by atoms with Crippen LogP contribution in [0.25, 0.3) is 0 Å². The predicted octanol–water partition coefficient (Wildman–Crippen LogP) is 0.660. The van der Waals surface area contributed by atoms with Crippen molar-refractivity contribution in [1.82, 2.24) is 0 Å². The Balaban J connectivity index is 1.82. The molecule has 2 saturated heterocycles. The zero-order chi connectivity index (χ0) is 10.8. The van der Waals surface area contributed by atoms with Crippen LogP contribution in [0.5, 0.6) is 0 Å². The largest absolute Gasteiger partial charge is 0.396 e. The minimum absolute atomic E-state index is 0.0555. The smallest absolute Gasteiger partial charge is 0.161 e. The first kappa shape index (κ1) is 11.3. The Labute approximate surface area is 90.2 Å². The fraction of sp³-hybridized carbons (Fsp3) is 1.00. The maximum absolute atomic E-state index is 9.66. The molecule has 0 aromatic heterocycles. The molecule has 0 aromatic rings. The summed E-state index contributed by atoms with van der Waals surface area (Å²) in [6, 6.07) is 0. The number of ether oxygens (including phenoxy) is 2. The van der Waals surface area contributed by atoms with Gasteiger partial charge in [-0.15, -0.1) is 0 Å². The van der Waals surface area contributed by atoms with Crippen LogP contribution in [0, 0.1) is 5.92 Å². The Bertz CT molecular complexity index is 195. The lowest BCUT2D eigenvalue weighted by Crippen LogP contribution is -2.27. The molecule has 2 fully saturated rings. The molecular formula is C11H20O4. The summed E-state index contributed by atoms with van der Waals surface area (Å²) in [5.41, 5.74) is 0. The van der Waals surface area contributed by atoms with Crippen molar-refractivity contribution in [3.63, 3.8) is 0 Å². The molecule has 2 N–H and O–H groups in total. The molecule has 4 heteroatoms. The third-order valence-corrected chi connectivity index (χ3v) is 3.42. The Morgan fingerprint density at radius 3 is 2.73 bits per heavy atom. The summed E-state index contributed by atoms with van der Waals surface area (Å²) in [7, 11) is 0. The minimum atomic E-state index is -0.365. The second-order valence-corrected chi connectivity index (χ2v) is 4.52. The molecule has 4 nitrogen and oxygen atoms in total. The van der Waals surface area contributed by atoms with Gasteiger partial charge in [-0.2, -0.15) is 0 Å². The zero-order valence-electron chi connectivity index (χ0n) is 9.13. The molecule has 0 radical (unpaired) electrons. The molecule has 0 saturated carbocycles. The van der Waals surface area contributed by atoms with Crippen molar-refractivity contribution in [2.45, 2.75) is 57.2 Å². The number of fused-ring (bicyclic) bond motifs is 1. The van der Waals surface area contributed by atoms with Crippen LogP contribution in [0.1, 0.15) is 32.6 Å². The number of hydrogen-bond donors (Lipinski definition) is 2. The van der Waals surface area contributed by atoms with E-state index in [9.17, 15) is 5.11 Å². The first-order valence-corrected chi connectivity index (χ1v) is 5.84. The van der Waals surface area contributed by atoms with Gasteiger partial charge in [0.15, 0.2) is 6.29 Å². The third-order valence-electron chi connectivity index (χ3n) is 3.42. The molecule has 15 heavy (non-hydrogen) atoms. The van der Waals surface area contributed by atoms with E-state index in [1.54, 1.807) is 0 Å². The molecule has 0 amide bonds. The second kappa shape index (κ2) is 4.78. The van der Waals surface area contributed by atoms with Crippen molar-refractivity contribution in [3.8, 4) is 0 Å². The molecule has 2 heterocycles. The SMILES string of the molecule is CCC(O)C1CC2CC(CCO)OC2O1. The normalized spacial score (nSPS) is 41.8. The van der Waals surface area contributed by atoms with Crippen LogP contribution < -0.4 is 0 Å². The van der Waals surface area contributed by atoms with Crippen molar-refractivity contribution in [2.24, 2.45) is 5.92 Å². The van der Waals surface area contributed by atoms with E-state index in [1.807, 2.05) is 6.92 Å². The maximum Gasteiger partial charge on any atom is 0.161 e. The van der Waals surface area contributed by atoms with Gasteiger partial charge in [-0.3, -0.25) is 0 Å². The standard InChI is InChI=1S/C11H20O4/c1-2-9(13)10-6-7-5-8(3-4-12)14-11(7)15-10/h7-13H,2-6H2,1H3. The molecule has 2 aliphatic heterocycles. The van der Waals surface area contributed by atoms with Crippen molar-refractivity contribution < 1.29 is 19.7 Å². The average molecular weight is 216 g/mol. The molecule has 0 bridgehead atoms. The van der Waals surface area contributed by atoms with Crippen molar-refractivity contribution >= 4 is 0 Å². The average Bonchev–Trinajstić information content (AvgIpc) is 2.74. The van der Waals surface area contributed by atoms with Crippen LogP contribution in [0.3, 0.4) is 0 Å². The van der Waals surface area contributed by atoms with Gasteiger partial charge in [0, 0.05) is 12.5 Å². The fourth-order valence-electron chi connectivity index (χ4n) is 2.52. The number of hydrogen-bond acceptors (Lipinski definition) is 4. The highest BCUT2D eigenvalue weighted by Crippen LogP contribution is 2.40.